The molecule has 0 N–H and O–H groups in total. The topological polar surface area (TPSA) is 41.4 Å². The Kier molecular flexibility index (Phi) is 3.93. The normalized spacial score (nSPS) is 37.9. The summed E-state index contributed by atoms with van der Waals surface area (Å²) in [5.41, 5.74) is 0.483. The average molecular weight is 357 g/mol. The number of carbonyl (C=O) groups excluding carboxylic acids is 1. The monoisotopic (exact) mass is 356 g/mol. The van der Waals surface area contributed by atoms with Crippen molar-refractivity contribution in [2.75, 3.05) is 26.2 Å². The lowest BCUT2D eigenvalue weighted by atomic mass is 9.52. The van der Waals surface area contributed by atoms with Gasteiger partial charge in [-0.2, -0.15) is 0 Å². The Morgan fingerprint density at radius 1 is 1.08 bits per heavy atom. The molecule has 1 amide bonds. The molecule has 142 valence electrons. The summed E-state index contributed by atoms with van der Waals surface area (Å²) in [5, 5.41) is 0. The standard InChI is InChI=1S/C21H32N4O/c1-15(25-4-3-22-16(25)2)20(26)23-5-7-24(8-6-23)21-12-17-9-18(13-21)11-19(10-17)14-21/h3-4,15,17-19H,5-14H2,1-2H3. The molecule has 5 fully saturated rings. The fourth-order valence-corrected chi connectivity index (χ4v) is 7.03. The van der Waals surface area contributed by atoms with Gasteiger partial charge in [0.25, 0.3) is 0 Å². The van der Waals surface area contributed by atoms with E-state index in [1.54, 1.807) is 6.20 Å². The van der Waals surface area contributed by atoms with Gasteiger partial charge in [0.2, 0.25) is 5.91 Å². The Bertz CT molecular complexity index is 653. The predicted molar refractivity (Wildman–Crippen MR) is 101 cm³/mol. The minimum atomic E-state index is -0.149. The van der Waals surface area contributed by atoms with Gasteiger partial charge in [-0.05, 0) is 70.1 Å². The highest BCUT2D eigenvalue weighted by Crippen LogP contribution is 2.57. The van der Waals surface area contributed by atoms with E-state index in [2.05, 4.69) is 14.8 Å². The van der Waals surface area contributed by atoms with Crippen molar-refractivity contribution in [1.29, 1.82) is 0 Å². The van der Waals surface area contributed by atoms with Crippen LogP contribution in [0.3, 0.4) is 0 Å². The van der Waals surface area contributed by atoms with E-state index in [1.807, 2.05) is 24.6 Å². The van der Waals surface area contributed by atoms with Gasteiger partial charge in [0.05, 0.1) is 0 Å². The molecule has 0 spiro atoms. The number of piperazine rings is 1. The molecule has 6 rings (SSSR count). The molecule has 1 unspecified atom stereocenters. The highest BCUT2D eigenvalue weighted by Gasteiger charge is 2.53. The van der Waals surface area contributed by atoms with Gasteiger partial charge in [-0.1, -0.05) is 0 Å². The van der Waals surface area contributed by atoms with Crippen LogP contribution in [0.2, 0.25) is 0 Å². The summed E-state index contributed by atoms with van der Waals surface area (Å²) >= 11 is 0. The van der Waals surface area contributed by atoms with Crippen molar-refractivity contribution in [3.8, 4) is 0 Å². The number of aryl methyl sites for hydroxylation is 1. The van der Waals surface area contributed by atoms with Crippen molar-refractivity contribution in [2.45, 2.75) is 64.0 Å². The van der Waals surface area contributed by atoms with Crippen molar-refractivity contribution >= 4 is 5.91 Å². The van der Waals surface area contributed by atoms with Gasteiger partial charge >= 0.3 is 0 Å². The fourth-order valence-electron chi connectivity index (χ4n) is 7.03. The third-order valence-electron chi connectivity index (χ3n) is 7.91. The van der Waals surface area contributed by atoms with Gasteiger partial charge in [0.15, 0.2) is 0 Å². The van der Waals surface area contributed by atoms with Crippen molar-refractivity contribution in [1.82, 2.24) is 19.4 Å². The lowest BCUT2D eigenvalue weighted by Gasteiger charge is -2.61. The molecule has 4 bridgehead atoms. The first-order chi connectivity index (χ1) is 12.5. The largest absolute Gasteiger partial charge is 0.338 e. The van der Waals surface area contributed by atoms with Crippen molar-refractivity contribution < 1.29 is 4.79 Å². The van der Waals surface area contributed by atoms with Gasteiger partial charge in [0.1, 0.15) is 11.9 Å². The van der Waals surface area contributed by atoms with Crippen LogP contribution in [0.5, 0.6) is 0 Å². The Balaban J connectivity index is 1.24. The SMILES string of the molecule is Cc1nccn1C(C)C(=O)N1CCN(C23CC4CC(CC(C4)C2)C3)CC1. The fraction of sp³-hybridized carbons (Fsp3) is 0.810. The molecular weight excluding hydrogens is 324 g/mol. The van der Waals surface area contributed by atoms with Crippen LogP contribution in [0.15, 0.2) is 12.4 Å². The van der Waals surface area contributed by atoms with Crippen LogP contribution in [-0.2, 0) is 4.79 Å². The van der Waals surface area contributed by atoms with Crippen LogP contribution in [0.4, 0.5) is 0 Å². The number of aromatic nitrogens is 2. The van der Waals surface area contributed by atoms with E-state index in [-0.39, 0.29) is 11.9 Å². The quantitative estimate of drug-likeness (QED) is 0.836. The van der Waals surface area contributed by atoms with Crippen LogP contribution < -0.4 is 0 Å². The molecule has 1 aliphatic heterocycles. The predicted octanol–water partition coefficient (Wildman–Crippen LogP) is 2.87. The number of carbonyl (C=O) groups is 1. The van der Waals surface area contributed by atoms with E-state index in [4.69, 9.17) is 0 Å². The molecule has 4 saturated carbocycles. The van der Waals surface area contributed by atoms with Crippen LogP contribution in [0.25, 0.3) is 0 Å². The maximum atomic E-state index is 13.0. The Morgan fingerprint density at radius 3 is 2.15 bits per heavy atom. The summed E-state index contributed by atoms with van der Waals surface area (Å²) in [6.45, 7) is 7.87. The summed E-state index contributed by atoms with van der Waals surface area (Å²) in [6, 6.07) is -0.149. The highest BCUT2D eigenvalue weighted by molar-refractivity contribution is 5.80. The molecule has 0 aromatic carbocycles. The highest BCUT2D eigenvalue weighted by atomic mass is 16.2. The molecule has 5 nitrogen and oxygen atoms in total. The molecule has 1 aromatic rings. The third kappa shape index (κ3) is 2.62. The smallest absolute Gasteiger partial charge is 0.245 e. The Labute approximate surface area is 156 Å². The first kappa shape index (κ1) is 16.8. The molecule has 1 saturated heterocycles. The van der Waals surface area contributed by atoms with Crippen LogP contribution in [-0.4, -0.2) is 57.0 Å². The maximum Gasteiger partial charge on any atom is 0.245 e. The van der Waals surface area contributed by atoms with Crippen molar-refractivity contribution in [3.63, 3.8) is 0 Å². The number of hydrogen-bond donors (Lipinski definition) is 0. The minimum absolute atomic E-state index is 0.149. The molecule has 1 aromatic heterocycles. The zero-order valence-corrected chi connectivity index (χ0v) is 16.2. The van der Waals surface area contributed by atoms with Crippen molar-refractivity contribution in [2.24, 2.45) is 17.8 Å². The van der Waals surface area contributed by atoms with Gasteiger partial charge in [-0.25, -0.2) is 4.98 Å². The molecule has 26 heavy (non-hydrogen) atoms. The van der Waals surface area contributed by atoms with Crippen molar-refractivity contribution in [3.05, 3.63) is 18.2 Å². The zero-order valence-electron chi connectivity index (χ0n) is 16.2. The van der Waals surface area contributed by atoms with E-state index in [9.17, 15) is 4.79 Å². The summed E-state index contributed by atoms with van der Waals surface area (Å²) in [6.07, 6.45) is 12.5. The minimum Gasteiger partial charge on any atom is -0.338 e. The number of amides is 1. The first-order valence-electron chi connectivity index (χ1n) is 10.6. The van der Waals surface area contributed by atoms with Gasteiger partial charge in [-0.3, -0.25) is 9.69 Å². The first-order valence-corrected chi connectivity index (χ1v) is 10.6. The molecule has 1 atom stereocenters. The van der Waals surface area contributed by atoms with E-state index >= 15 is 0 Å². The molecule has 4 aliphatic carbocycles. The Hall–Kier alpha value is -1.36. The van der Waals surface area contributed by atoms with E-state index < -0.39 is 0 Å². The van der Waals surface area contributed by atoms with Gasteiger partial charge in [-0.15, -0.1) is 0 Å². The molecule has 2 heterocycles. The van der Waals surface area contributed by atoms with E-state index in [0.29, 0.717) is 5.54 Å². The third-order valence-corrected chi connectivity index (χ3v) is 7.91. The lowest BCUT2D eigenvalue weighted by molar-refractivity contribution is -0.141. The number of nitrogens with zero attached hydrogens (tertiary/aromatic N) is 4. The molecule has 0 radical (unpaired) electrons. The summed E-state index contributed by atoms with van der Waals surface area (Å²) in [4.78, 5) is 22.1. The zero-order chi connectivity index (χ0) is 17.9. The van der Waals surface area contributed by atoms with Crippen LogP contribution in [0, 0.1) is 24.7 Å². The second kappa shape index (κ2) is 6.08. The average Bonchev–Trinajstić information content (AvgIpc) is 3.05. The van der Waals surface area contributed by atoms with Crippen LogP contribution >= 0.6 is 0 Å². The van der Waals surface area contributed by atoms with Gasteiger partial charge in [0, 0.05) is 44.1 Å². The number of imidazole rings is 1. The van der Waals surface area contributed by atoms with Gasteiger partial charge < -0.3 is 9.47 Å². The maximum absolute atomic E-state index is 13.0. The molecular formula is C21H32N4O. The Morgan fingerprint density at radius 2 is 1.65 bits per heavy atom. The lowest BCUT2D eigenvalue weighted by Crippen LogP contribution is -2.64. The summed E-state index contributed by atoms with van der Waals surface area (Å²) < 4.78 is 1.99. The second-order valence-corrected chi connectivity index (χ2v) is 9.51. The molecule has 5 heteroatoms. The molecule has 5 aliphatic rings. The number of hydrogen-bond acceptors (Lipinski definition) is 3. The number of rotatable bonds is 3. The van der Waals surface area contributed by atoms with E-state index in [0.717, 1.165) is 49.8 Å². The summed E-state index contributed by atoms with van der Waals surface area (Å²) in [7, 11) is 0. The van der Waals surface area contributed by atoms with E-state index in [1.165, 1.54) is 38.5 Å². The summed E-state index contributed by atoms with van der Waals surface area (Å²) in [5.74, 6) is 4.13. The second-order valence-electron chi connectivity index (χ2n) is 9.51. The van der Waals surface area contributed by atoms with Crippen LogP contribution in [0.1, 0.15) is 57.3 Å².